The zero-order valence-corrected chi connectivity index (χ0v) is 39.4. The molecule has 64 heavy (non-hydrogen) atoms. The number of aryl methyl sites for hydroxylation is 2. The van der Waals surface area contributed by atoms with Gasteiger partial charge in [-0.2, -0.15) is 20.5 Å². The van der Waals surface area contributed by atoms with Gasteiger partial charge in [0.05, 0.1) is 74.1 Å². The highest BCUT2D eigenvalue weighted by Gasteiger charge is 2.27. The number of benzene rings is 5. The van der Waals surface area contributed by atoms with E-state index in [0.717, 1.165) is 13.8 Å². The van der Waals surface area contributed by atoms with E-state index in [4.69, 9.17) is 92.8 Å². The molecule has 5 aromatic rings. The summed E-state index contributed by atoms with van der Waals surface area (Å²) in [5, 5.41) is 27.5. The van der Waals surface area contributed by atoms with Crippen LogP contribution >= 0.6 is 92.8 Å². The number of halogens is 8. The van der Waals surface area contributed by atoms with Gasteiger partial charge in [-0.3, -0.25) is 28.8 Å². The molecule has 0 fully saturated rings. The molecule has 0 spiro atoms. The van der Waals surface area contributed by atoms with Crippen LogP contribution in [0.1, 0.15) is 45.7 Å². The third kappa shape index (κ3) is 12.5. The third-order valence-corrected chi connectivity index (χ3v) is 11.5. The zero-order valence-electron chi connectivity index (χ0n) is 33.3. The Morgan fingerprint density at radius 1 is 0.453 bits per heavy atom. The summed E-state index contributed by atoms with van der Waals surface area (Å²) in [4.78, 5) is 78.2. The average Bonchev–Trinajstić information content (AvgIpc) is 3.21. The Balaban J connectivity index is 1.26. The van der Waals surface area contributed by atoms with Crippen molar-refractivity contribution in [1.29, 1.82) is 0 Å². The van der Waals surface area contributed by atoms with E-state index in [9.17, 15) is 28.8 Å². The smallest absolute Gasteiger partial charge is 0.258 e. The van der Waals surface area contributed by atoms with Gasteiger partial charge < -0.3 is 21.3 Å². The Kier molecular flexibility index (Phi) is 16.9. The fourth-order valence-corrected chi connectivity index (χ4v) is 7.23. The summed E-state index contributed by atoms with van der Waals surface area (Å²) in [5.74, 6) is -4.27. The second-order valence-electron chi connectivity index (χ2n) is 13.6. The number of ketones is 2. The first-order valence-electron chi connectivity index (χ1n) is 18.2. The van der Waals surface area contributed by atoms with Gasteiger partial charge in [-0.05, 0) is 112 Å². The Bertz CT molecular complexity index is 2800. The van der Waals surface area contributed by atoms with Crippen LogP contribution in [0.25, 0.3) is 0 Å². The van der Waals surface area contributed by atoms with Gasteiger partial charge in [-0.1, -0.05) is 92.8 Å². The molecule has 5 aromatic carbocycles. The van der Waals surface area contributed by atoms with Crippen molar-refractivity contribution in [2.75, 3.05) is 21.3 Å². The van der Waals surface area contributed by atoms with Crippen molar-refractivity contribution in [3.05, 3.63) is 135 Å². The summed E-state index contributed by atoms with van der Waals surface area (Å²) in [6.07, 6.45) is 0. The number of hydrogen-bond donors (Lipinski definition) is 4. The Hall–Kier alpha value is -5.16. The minimum Gasteiger partial charge on any atom is -0.324 e. The second-order valence-corrected chi connectivity index (χ2v) is 16.9. The second kappa shape index (κ2) is 21.7. The molecule has 22 heteroatoms. The molecule has 0 bridgehead atoms. The van der Waals surface area contributed by atoms with Crippen LogP contribution in [-0.4, -0.2) is 47.3 Å². The van der Waals surface area contributed by atoms with Gasteiger partial charge in [-0.15, -0.1) is 0 Å². The molecule has 0 aromatic heterocycles. The topological polar surface area (TPSA) is 200 Å². The van der Waals surface area contributed by atoms with Crippen LogP contribution in [0.5, 0.6) is 0 Å². The highest BCUT2D eigenvalue weighted by molar-refractivity contribution is 6.45. The molecule has 0 radical (unpaired) electrons. The maximum atomic E-state index is 13.4. The third-order valence-electron chi connectivity index (χ3n) is 8.80. The number of nitrogens with zero attached hydrogens (tertiary/aromatic N) is 4. The summed E-state index contributed by atoms with van der Waals surface area (Å²) in [6, 6.07) is 13.5. The van der Waals surface area contributed by atoms with Gasteiger partial charge in [0.15, 0.2) is 11.6 Å². The van der Waals surface area contributed by atoms with Crippen molar-refractivity contribution in [2.45, 2.75) is 39.8 Å². The van der Waals surface area contributed by atoms with Crippen molar-refractivity contribution in [2.24, 2.45) is 20.5 Å². The summed E-state index contributed by atoms with van der Waals surface area (Å²) in [5.41, 5.74) is 1.97. The summed E-state index contributed by atoms with van der Waals surface area (Å²) >= 11 is 49.0. The first-order chi connectivity index (χ1) is 30.1. The summed E-state index contributed by atoms with van der Waals surface area (Å²) < 4.78 is 0. The molecular weight excluding hydrogens is 996 g/mol. The summed E-state index contributed by atoms with van der Waals surface area (Å²) in [7, 11) is 0. The molecule has 4 amide bonds. The van der Waals surface area contributed by atoms with E-state index in [0.29, 0.717) is 16.8 Å². The molecule has 0 saturated heterocycles. The zero-order chi connectivity index (χ0) is 47.2. The fourth-order valence-electron chi connectivity index (χ4n) is 5.64. The van der Waals surface area contributed by atoms with E-state index in [1.807, 2.05) is 0 Å². The predicted octanol–water partition coefficient (Wildman–Crippen LogP) is 13.4. The van der Waals surface area contributed by atoms with Crippen molar-refractivity contribution >= 4 is 162 Å². The Labute approximate surface area is 405 Å². The van der Waals surface area contributed by atoms with E-state index in [1.54, 1.807) is 13.8 Å². The van der Waals surface area contributed by atoms with Crippen LogP contribution in [0, 0.1) is 13.8 Å². The largest absolute Gasteiger partial charge is 0.324 e. The molecule has 0 aliphatic carbocycles. The number of azo groups is 2. The SMILES string of the molecule is CC(=O)C(N=Nc1ccc(Cl)c(C(=O)Nc2cc(Cl)c(Cl)cc2Cl)c1)C(=O)Nc1cc(C)c(NC(=O)C(N=Nc2ccc(Cl)c(C(=O)Nc3cc(Cl)c(Cl)cc3Cl)c2)C(C)=O)c(C)c1. The lowest BCUT2D eigenvalue weighted by Gasteiger charge is -2.17. The molecule has 0 saturated carbocycles. The number of hydrogen-bond acceptors (Lipinski definition) is 10. The molecule has 0 aliphatic rings. The van der Waals surface area contributed by atoms with E-state index >= 15 is 0 Å². The minimum atomic E-state index is -1.60. The van der Waals surface area contributed by atoms with Crippen LogP contribution in [0.3, 0.4) is 0 Å². The van der Waals surface area contributed by atoms with Gasteiger partial charge in [0.25, 0.3) is 23.6 Å². The van der Waals surface area contributed by atoms with Crippen molar-refractivity contribution in [3.63, 3.8) is 0 Å². The minimum absolute atomic E-state index is 0.0223. The number of carbonyl (C=O) groups is 6. The summed E-state index contributed by atoms with van der Waals surface area (Å²) in [6.45, 7) is 5.59. The highest BCUT2D eigenvalue weighted by Crippen LogP contribution is 2.35. The Morgan fingerprint density at radius 3 is 1.22 bits per heavy atom. The number of Topliss-reactive ketones (excluding diaryl/α,β-unsaturated/α-hetero) is 2. The number of amides is 4. The van der Waals surface area contributed by atoms with E-state index < -0.39 is 47.3 Å². The first-order valence-corrected chi connectivity index (χ1v) is 21.2. The standard InChI is InChI=1S/C42H30Cl8N8O6/c1-17-9-23(51-41(63)37(19(3)59)57-55-21-5-7-26(43)24(11-21)39(61)52-34-15-30(47)28(45)13-32(34)49)10-18(2)36(17)54-42(64)38(20(4)60)58-56-22-6-8-27(44)25(12-22)40(62)53-35-16-31(48)29(46)14-33(35)50/h5-16,37-38H,1-4H3,(H,51,63)(H,52,61)(H,53,62)(H,54,64). The van der Waals surface area contributed by atoms with Crippen molar-refractivity contribution in [1.82, 2.24) is 0 Å². The van der Waals surface area contributed by atoms with Gasteiger partial charge in [-0.25, -0.2) is 0 Å². The van der Waals surface area contributed by atoms with E-state index in [1.165, 1.54) is 72.8 Å². The lowest BCUT2D eigenvalue weighted by molar-refractivity contribution is -0.127. The van der Waals surface area contributed by atoms with Crippen molar-refractivity contribution < 1.29 is 28.8 Å². The van der Waals surface area contributed by atoms with E-state index in [-0.39, 0.29) is 79.7 Å². The molecule has 0 heterocycles. The number of anilines is 4. The number of nitrogens with one attached hydrogen (secondary N) is 4. The van der Waals surface area contributed by atoms with Crippen LogP contribution < -0.4 is 21.3 Å². The monoisotopic (exact) mass is 1020 g/mol. The molecule has 4 N–H and O–H groups in total. The first kappa shape index (κ1) is 49.8. The maximum Gasteiger partial charge on any atom is 0.258 e. The molecule has 2 atom stereocenters. The Morgan fingerprint density at radius 2 is 0.828 bits per heavy atom. The maximum absolute atomic E-state index is 13.4. The molecule has 2 unspecified atom stereocenters. The number of rotatable bonds is 14. The quantitative estimate of drug-likeness (QED) is 0.0484. The van der Waals surface area contributed by atoms with Gasteiger partial charge in [0.2, 0.25) is 12.1 Å². The normalized spacial score (nSPS) is 12.2. The van der Waals surface area contributed by atoms with Gasteiger partial charge in [0, 0.05) is 11.4 Å². The lowest BCUT2D eigenvalue weighted by Crippen LogP contribution is -2.33. The average molecular weight is 1030 g/mol. The van der Waals surface area contributed by atoms with Crippen LogP contribution in [0.15, 0.2) is 93.3 Å². The lowest BCUT2D eigenvalue weighted by atomic mass is 10.1. The molecule has 5 rings (SSSR count). The van der Waals surface area contributed by atoms with Gasteiger partial charge >= 0.3 is 0 Å². The molecule has 330 valence electrons. The van der Waals surface area contributed by atoms with E-state index in [2.05, 4.69) is 41.7 Å². The predicted molar refractivity (Wildman–Crippen MR) is 253 cm³/mol. The molecule has 0 aliphatic heterocycles. The highest BCUT2D eigenvalue weighted by atomic mass is 35.5. The van der Waals surface area contributed by atoms with Crippen LogP contribution in [0.4, 0.5) is 34.1 Å². The van der Waals surface area contributed by atoms with Crippen LogP contribution in [0.2, 0.25) is 40.2 Å². The van der Waals surface area contributed by atoms with Crippen LogP contribution in [-0.2, 0) is 19.2 Å². The number of carbonyl (C=O) groups excluding carboxylic acids is 6. The van der Waals surface area contributed by atoms with Crippen molar-refractivity contribution in [3.8, 4) is 0 Å². The fraction of sp³-hybridized carbons (Fsp3) is 0.143. The molecule has 14 nitrogen and oxygen atoms in total. The molecular formula is C42H30Cl8N8O6. The van der Waals surface area contributed by atoms with Gasteiger partial charge in [0.1, 0.15) is 0 Å².